The largest absolute Gasteiger partial charge is 0.387 e. The Morgan fingerprint density at radius 2 is 2.22 bits per heavy atom. The van der Waals surface area contributed by atoms with Crippen molar-refractivity contribution in [2.24, 2.45) is 0 Å². The number of aliphatic hydroxyl groups excluding tert-OH is 1. The highest BCUT2D eigenvalue weighted by Crippen LogP contribution is 2.23. The zero-order chi connectivity index (χ0) is 13.2. The van der Waals surface area contributed by atoms with Crippen molar-refractivity contribution < 1.29 is 5.11 Å². The molecule has 0 saturated heterocycles. The summed E-state index contributed by atoms with van der Waals surface area (Å²) in [6, 6.07) is 1.93. The summed E-state index contributed by atoms with van der Waals surface area (Å²) in [5.74, 6) is 0.833. The van der Waals surface area contributed by atoms with Gasteiger partial charge < -0.3 is 10.4 Å². The lowest BCUT2D eigenvalue weighted by Gasteiger charge is -2.12. The molecule has 2 aromatic rings. The second-order valence-corrected chi connectivity index (χ2v) is 6.66. The topological polar surface area (TPSA) is 58.0 Å². The van der Waals surface area contributed by atoms with Crippen LogP contribution in [0.2, 0.25) is 0 Å². The van der Waals surface area contributed by atoms with Crippen LogP contribution in [-0.4, -0.2) is 21.0 Å². The predicted molar refractivity (Wildman–Crippen MR) is 76.4 cm³/mol. The predicted octanol–water partition coefficient (Wildman–Crippen LogP) is 3.04. The normalized spacial score (nSPS) is 13.6. The molecule has 98 valence electrons. The molecule has 0 amide bonds. The molecule has 4 nitrogen and oxygen atoms in total. The van der Waals surface area contributed by atoms with Crippen LogP contribution in [0, 0.1) is 0 Å². The second kappa shape index (κ2) is 5.34. The van der Waals surface area contributed by atoms with Crippen LogP contribution in [0.4, 0.5) is 5.13 Å². The van der Waals surface area contributed by atoms with Crippen LogP contribution in [-0.2, 0) is 5.41 Å². The van der Waals surface area contributed by atoms with E-state index < -0.39 is 6.10 Å². The van der Waals surface area contributed by atoms with E-state index in [1.165, 1.54) is 11.5 Å². The summed E-state index contributed by atoms with van der Waals surface area (Å²) in [6.07, 6.45) is -0.502. The first-order chi connectivity index (χ1) is 8.47. The van der Waals surface area contributed by atoms with Gasteiger partial charge in [-0.1, -0.05) is 20.8 Å². The first-order valence-corrected chi connectivity index (χ1v) is 7.46. The molecule has 0 aromatic carbocycles. The van der Waals surface area contributed by atoms with E-state index in [0.29, 0.717) is 6.54 Å². The molecule has 6 heteroatoms. The first-order valence-electron chi connectivity index (χ1n) is 5.75. The number of anilines is 1. The fraction of sp³-hybridized carbons (Fsp3) is 0.500. The number of aliphatic hydroxyl groups is 1. The number of thiophene rings is 1. The highest BCUT2D eigenvalue weighted by atomic mass is 32.1. The summed E-state index contributed by atoms with van der Waals surface area (Å²) in [5.41, 5.74) is 0.899. The van der Waals surface area contributed by atoms with E-state index in [1.54, 1.807) is 11.3 Å². The second-order valence-electron chi connectivity index (χ2n) is 5.13. The van der Waals surface area contributed by atoms with Gasteiger partial charge in [0.15, 0.2) is 0 Å². The average molecular weight is 283 g/mol. The molecule has 2 aromatic heterocycles. The van der Waals surface area contributed by atoms with E-state index >= 15 is 0 Å². The molecule has 2 rings (SSSR count). The lowest BCUT2D eigenvalue weighted by atomic mass is 9.96. The molecule has 1 unspecified atom stereocenters. The van der Waals surface area contributed by atoms with Crippen LogP contribution in [0.5, 0.6) is 0 Å². The molecule has 0 aliphatic heterocycles. The molecule has 0 spiro atoms. The van der Waals surface area contributed by atoms with Crippen molar-refractivity contribution in [1.29, 1.82) is 0 Å². The number of hydrogen-bond donors (Lipinski definition) is 2. The third-order valence-electron chi connectivity index (χ3n) is 2.47. The molecule has 0 aliphatic rings. The van der Waals surface area contributed by atoms with Crippen LogP contribution >= 0.6 is 22.9 Å². The minimum Gasteiger partial charge on any atom is -0.387 e. The maximum Gasteiger partial charge on any atom is 0.202 e. The van der Waals surface area contributed by atoms with Gasteiger partial charge in [0, 0.05) is 23.5 Å². The van der Waals surface area contributed by atoms with Crippen LogP contribution in [0.15, 0.2) is 16.8 Å². The van der Waals surface area contributed by atoms with Crippen molar-refractivity contribution in [1.82, 2.24) is 9.36 Å². The Bertz CT molecular complexity index is 488. The van der Waals surface area contributed by atoms with Gasteiger partial charge in [0.1, 0.15) is 5.82 Å². The monoisotopic (exact) mass is 283 g/mol. The van der Waals surface area contributed by atoms with E-state index in [9.17, 15) is 5.11 Å². The summed E-state index contributed by atoms with van der Waals surface area (Å²) in [5, 5.41) is 17.7. The Hall–Kier alpha value is -0.980. The summed E-state index contributed by atoms with van der Waals surface area (Å²) in [4.78, 5) is 4.42. The SMILES string of the molecule is CC(C)(C)c1nsc(NCC(O)c2ccsc2)n1. The quantitative estimate of drug-likeness (QED) is 0.905. The van der Waals surface area contributed by atoms with Crippen LogP contribution in [0.3, 0.4) is 0 Å². The van der Waals surface area contributed by atoms with E-state index in [-0.39, 0.29) is 5.41 Å². The average Bonchev–Trinajstić information content (AvgIpc) is 2.96. The maximum absolute atomic E-state index is 9.94. The number of rotatable bonds is 4. The lowest BCUT2D eigenvalue weighted by Crippen LogP contribution is -2.14. The summed E-state index contributed by atoms with van der Waals surface area (Å²) in [7, 11) is 0. The molecular formula is C12H17N3OS2. The third kappa shape index (κ3) is 3.28. The van der Waals surface area contributed by atoms with Gasteiger partial charge in [-0.2, -0.15) is 15.7 Å². The van der Waals surface area contributed by atoms with Crippen molar-refractivity contribution in [3.63, 3.8) is 0 Å². The van der Waals surface area contributed by atoms with Gasteiger partial charge >= 0.3 is 0 Å². The molecule has 1 atom stereocenters. The Morgan fingerprint density at radius 1 is 1.44 bits per heavy atom. The molecular weight excluding hydrogens is 266 g/mol. The van der Waals surface area contributed by atoms with Crippen molar-refractivity contribution in [3.05, 3.63) is 28.2 Å². The number of nitrogens with zero attached hydrogens (tertiary/aromatic N) is 2. The fourth-order valence-electron chi connectivity index (χ4n) is 1.37. The van der Waals surface area contributed by atoms with Crippen molar-refractivity contribution in [2.45, 2.75) is 32.3 Å². The lowest BCUT2D eigenvalue weighted by molar-refractivity contribution is 0.192. The first kappa shape index (κ1) is 13.5. The Balaban J connectivity index is 1.93. The molecule has 0 aliphatic carbocycles. The Kier molecular flexibility index (Phi) is 3.99. The van der Waals surface area contributed by atoms with Gasteiger partial charge in [-0.15, -0.1) is 0 Å². The number of aromatic nitrogens is 2. The smallest absolute Gasteiger partial charge is 0.202 e. The number of hydrogen-bond acceptors (Lipinski definition) is 6. The molecule has 0 bridgehead atoms. The highest BCUT2D eigenvalue weighted by Gasteiger charge is 2.19. The summed E-state index contributed by atoms with van der Waals surface area (Å²) in [6.45, 7) is 6.70. The zero-order valence-electron chi connectivity index (χ0n) is 10.7. The van der Waals surface area contributed by atoms with Crippen LogP contribution < -0.4 is 5.32 Å². The minimum absolute atomic E-state index is 0.0393. The van der Waals surface area contributed by atoms with E-state index in [2.05, 4.69) is 35.4 Å². The van der Waals surface area contributed by atoms with E-state index in [1.807, 2.05) is 16.8 Å². The van der Waals surface area contributed by atoms with E-state index in [4.69, 9.17) is 0 Å². The molecule has 0 fully saturated rings. The van der Waals surface area contributed by atoms with Gasteiger partial charge in [0.25, 0.3) is 0 Å². The van der Waals surface area contributed by atoms with Gasteiger partial charge in [0.05, 0.1) is 6.10 Å². The summed E-state index contributed by atoms with van der Waals surface area (Å²) < 4.78 is 4.32. The van der Waals surface area contributed by atoms with Crippen molar-refractivity contribution in [3.8, 4) is 0 Å². The Morgan fingerprint density at radius 3 is 2.78 bits per heavy atom. The van der Waals surface area contributed by atoms with Gasteiger partial charge in [-0.3, -0.25) is 0 Å². The molecule has 2 N–H and O–H groups in total. The Labute approximate surface area is 115 Å². The minimum atomic E-state index is -0.502. The van der Waals surface area contributed by atoms with Gasteiger partial charge in [-0.25, -0.2) is 4.98 Å². The van der Waals surface area contributed by atoms with Gasteiger partial charge in [0.2, 0.25) is 5.13 Å². The fourth-order valence-corrected chi connectivity index (χ4v) is 2.84. The van der Waals surface area contributed by atoms with Crippen LogP contribution in [0.1, 0.15) is 38.3 Å². The molecule has 18 heavy (non-hydrogen) atoms. The zero-order valence-corrected chi connectivity index (χ0v) is 12.3. The van der Waals surface area contributed by atoms with Gasteiger partial charge in [-0.05, 0) is 22.4 Å². The van der Waals surface area contributed by atoms with Crippen molar-refractivity contribution in [2.75, 3.05) is 11.9 Å². The standard InChI is InChI=1S/C12H17N3OS2/c1-12(2,3)10-14-11(18-15-10)13-6-9(16)8-4-5-17-7-8/h4-5,7,9,16H,6H2,1-3H3,(H,13,14,15). The summed E-state index contributed by atoms with van der Waals surface area (Å²) >= 11 is 2.92. The molecule has 0 radical (unpaired) electrons. The van der Waals surface area contributed by atoms with Crippen molar-refractivity contribution >= 4 is 28.0 Å². The highest BCUT2D eigenvalue weighted by molar-refractivity contribution is 7.09. The van der Waals surface area contributed by atoms with E-state index in [0.717, 1.165) is 16.5 Å². The number of nitrogens with one attached hydrogen (secondary N) is 1. The molecule has 2 heterocycles. The molecule has 0 saturated carbocycles. The van der Waals surface area contributed by atoms with Crippen LogP contribution in [0.25, 0.3) is 0 Å². The third-order valence-corrected chi connectivity index (χ3v) is 3.85. The maximum atomic E-state index is 9.94.